The van der Waals surface area contributed by atoms with Crippen LogP contribution in [-0.4, -0.2) is 19.3 Å². The van der Waals surface area contributed by atoms with Gasteiger partial charge in [0.05, 0.1) is 22.8 Å². The SMILES string of the molecule is CC[C@H](NC(=O)c1cc(F)ccc1NS(=O)(=O)c1cccc2cccnc12)c1ccccc1.[HH]. The van der Waals surface area contributed by atoms with Crippen molar-refractivity contribution < 1.29 is 19.0 Å². The van der Waals surface area contributed by atoms with Crippen molar-refractivity contribution >= 4 is 32.5 Å². The molecule has 4 rings (SSSR count). The number of benzene rings is 3. The molecule has 6 nitrogen and oxygen atoms in total. The van der Waals surface area contributed by atoms with Crippen molar-refractivity contribution in [2.45, 2.75) is 24.3 Å². The molecule has 0 unspecified atom stereocenters. The van der Waals surface area contributed by atoms with E-state index in [0.29, 0.717) is 17.3 Å². The molecule has 0 radical (unpaired) electrons. The maximum atomic E-state index is 14.0. The van der Waals surface area contributed by atoms with Gasteiger partial charge in [-0.25, -0.2) is 12.8 Å². The lowest BCUT2D eigenvalue weighted by Crippen LogP contribution is -2.29. The topological polar surface area (TPSA) is 88.2 Å². The monoisotopic (exact) mass is 465 g/mol. The van der Waals surface area contributed by atoms with Gasteiger partial charge in [-0.1, -0.05) is 55.5 Å². The highest BCUT2D eigenvalue weighted by Crippen LogP contribution is 2.26. The van der Waals surface area contributed by atoms with Crippen LogP contribution in [0.15, 0.2) is 90.0 Å². The number of nitrogens with zero attached hydrogens (tertiary/aromatic N) is 1. The molecule has 0 saturated heterocycles. The molecular formula is C25H24FN3O3S. The van der Waals surface area contributed by atoms with Crippen LogP contribution in [-0.2, 0) is 10.0 Å². The lowest BCUT2D eigenvalue weighted by molar-refractivity contribution is 0.0936. The Balaban J connectivity index is 0.00000324. The largest absolute Gasteiger partial charge is 0.345 e. The average Bonchev–Trinajstić information content (AvgIpc) is 2.83. The number of halogens is 1. The molecule has 33 heavy (non-hydrogen) atoms. The molecule has 0 bridgehead atoms. The van der Waals surface area contributed by atoms with E-state index >= 15 is 0 Å². The summed E-state index contributed by atoms with van der Waals surface area (Å²) in [5.41, 5.74) is 1.07. The Morgan fingerprint density at radius 2 is 1.79 bits per heavy atom. The van der Waals surface area contributed by atoms with Gasteiger partial charge in [-0.15, -0.1) is 0 Å². The van der Waals surface area contributed by atoms with E-state index in [2.05, 4.69) is 15.0 Å². The lowest BCUT2D eigenvalue weighted by Gasteiger charge is -2.19. The molecule has 0 saturated carbocycles. The third-order valence-electron chi connectivity index (χ3n) is 5.27. The maximum Gasteiger partial charge on any atom is 0.264 e. The summed E-state index contributed by atoms with van der Waals surface area (Å²) in [5, 5.41) is 3.53. The zero-order chi connectivity index (χ0) is 23.4. The highest BCUT2D eigenvalue weighted by Gasteiger charge is 2.23. The summed E-state index contributed by atoms with van der Waals surface area (Å²) < 4.78 is 42.9. The number of carbonyl (C=O) groups is 1. The Hall–Kier alpha value is -3.78. The number of hydrogen-bond donors (Lipinski definition) is 2. The summed E-state index contributed by atoms with van der Waals surface area (Å²) in [6, 6.07) is 20.7. The number of pyridine rings is 1. The molecule has 4 aromatic rings. The zero-order valence-corrected chi connectivity index (χ0v) is 18.6. The Morgan fingerprint density at radius 3 is 2.55 bits per heavy atom. The molecule has 1 amide bonds. The molecule has 0 aliphatic rings. The first-order valence-electron chi connectivity index (χ1n) is 10.4. The Bertz CT molecular complexity index is 1410. The minimum absolute atomic E-state index is 0. The summed E-state index contributed by atoms with van der Waals surface area (Å²) in [6.07, 6.45) is 2.11. The zero-order valence-electron chi connectivity index (χ0n) is 17.8. The van der Waals surface area contributed by atoms with Gasteiger partial charge in [0.15, 0.2) is 0 Å². The average molecular weight is 466 g/mol. The first kappa shape index (κ1) is 22.4. The fourth-order valence-corrected chi connectivity index (χ4v) is 4.89. The normalized spacial score (nSPS) is 12.3. The molecule has 170 valence electrons. The van der Waals surface area contributed by atoms with Crippen molar-refractivity contribution in [1.29, 1.82) is 0 Å². The van der Waals surface area contributed by atoms with E-state index in [-0.39, 0.29) is 23.6 Å². The van der Waals surface area contributed by atoms with Crippen LogP contribution < -0.4 is 10.0 Å². The van der Waals surface area contributed by atoms with E-state index in [0.717, 1.165) is 17.7 Å². The molecule has 1 atom stereocenters. The number of nitrogens with one attached hydrogen (secondary N) is 2. The van der Waals surface area contributed by atoms with Crippen molar-refractivity contribution in [3.8, 4) is 0 Å². The molecule has 2 N–H and O–H groups in total. The van der Waals surface area contributed by atoms with E-state index in [1.807, 2.05) is 37.3 Å². The molecule has 1 aromatic heterocycles. The van der Waals surface area contributed by atoms with E-state index in [9.17, 15) is 17.6 Å². The van der Waals surface area contributed by atoms with Crippen molar-refractivity contribution in [2.75, 3.05) is 4.72 Å². The van der Waals surface area contributed by atoms with Gasteiger partial charge in [0.1, 0.15) is 10.7 Å². The number of amides is 1. The molecule has 1 heterocycles. The molecule has 8 heteroatoms. The Kier molecular flexibility index (Phi) is 6.37. The fourth-order valence-electron chi connectivity index (χ4n) is 3.63. The van der Waals surface area contributed by atoms with Crippen molar-refractivity contribution in [3.63, 3.8) is 0 Å². The van der Waals surface area contributed by atoms with Gasteiger partial charge >= 0.3 is 0 Å². The molecular weight excluding hydrogens is 441 g/mol. The van der Waals surface area contributed by atoms with Gasteiger partial charge in [-0.2, -0.15) is 0 Å². The molecule has 0 aliphatic carbocycles. The Morgan fingerprint density at radius 1 is 1.03 bits per heavy atom. The minimum Gasteiger partial charge on any atom is -0.345 e. The van der Waals surface area contributed by atoms with Gasteiger partial charge in [-0.05, 0) is 42.3 Å². The van der Waals surface area contributed by atoms with Gasteiger partial charge in [0.25, 0.3) is 15.9 Å². The van der Waals surface area contributed by atoms with Crippen LogP contribution in [0.1, 0.15) is 36.7 Å². The number of sulfonamides is 1. The van der Waals surface area contributed by atoms with Crippen LogP contribution in [0.4, 0.5) is 10.1 Å². The highest BCUT2D eigenvalue weighted by molar-refractivity contribution is 7.93. The summed E-state index contributed by atoms with van der Waals surface area (Å²) in [4.78, 5) is 17.2. The van der Waals surface area contributed by atoms with Crippen LogP contribution in [0.2, 0.25) is 0 Å². The van der Waals surface area contributed by atoms with E-state index in [1.165, 1.54) is 18.3 Å². The van der Waals surface area contributed by atoms with Crippen LogP contribution in [0, 0.1) is 5.82 Å². The second-order valence-corrected chi connectivity index (χ2v) is 9.12. The summed E-state index contributed by atoms with van der Waals surface area (Å²) >= 11 is 0. The number of aromatic nitrogens is 1. The number of fused-ring (bicyclic) bond motifs is 1. The van der Waals surface area contributed by atoms with Gasteiger partial charge in [0.2, 0.25) is 0 Å². The number of carbonyl (C=O) groups excluding carboxylic acids is 1. The molecule has 3 aromatic carbocycles. The number of rotatable bonds is 7. The first-order valence-corrected chi connectivity index (χ1v) is 11.9. The third-order valence-corrected chi connectivity index (χ3v) is 6.67. The van der Waals surface area contributed by atoms with Crippen molar-refractivity contribution in [2.24, 2.45) is 0 Å². The molecule has 0 aliphatic heterocycles. The summed E-state index contributed by atoms with van der Waals surface area (Å²) in [7, 11) is -4.11. The van der Waals surface area contributed by atoms with E-state index in [4.69, 9.17) is 0 Å². The van der Waals surface area contributed by atoms with Crippen LogP contribution in [0.5, 0.6) is 0 Å². The van der Waals surface area contributed by atoms with Gasteiger partial charge in [0, 0.05) is 13.0 Å². The van der Waals surface area contributed by atoms with Crippen LogP contribution in [0.3, 0.4) is 0 Å². The predicted octanol–water partition coefficient (Wildman–Crippen LogP) is 5.30. The summed E-state index contributed by atoms with van der Waals surface area (Å²) in [6.45, 7) is 1.92. The molecule has 0 spiro atoms. The van der Waals surface area contributed by atoms with Crippen molar-refractivity contribution in [1.82, 2.24) is 10.3 Å². The van der Waals surface area contributed by atoms with Crippen LogP contribution >= 0.6 is 0 Å². The second kappa shape index (κ2) is 9.38. The predicted molar refractivity (Wildman–Crippen MR) is 128 cm³/mol. The fraction of sp³-hybridized carbons (Fsp3) is 0.120. The summed E-state index contributed by atoms with van der Waals surface area (Å²) in [5.74, 6) is -1.23. The van der Waals surface area contributed by atoms with Gasteiger partial charge in [-0.3, -0.25) is 14.5 Å². The Labute approximate surface area is 193 Å². The third kappa shape index (κ3) is 4.85. The standard InChI is InChI=1S/C25H22FN3O3S.H2/c1-2-21(17-8-4-3-5-9-17)28-25(30)20-16-19(26)13-14-22(20)29-33(31,32)23-12-6-10-18-11-7-15-27-24(18)23;/h3-16,21,29H,2H2,1H3,(H,28,30);1H/t21-;/m0./s1. The van der Waals surface area contributed by atoms with Gasteiger partial charge < -0.3 is 5.32 Å². The van der Waals surface area contributed by atoms with E-state index < -0.39 is 21.7 Å². The van der Waals surface area contributed by atoms with Crippen LogP contribution in [0.25, 0.3) is 10.9 Å². The molecule has 0 fully saturated rings. The lowest BCUT2D eigenvalue weighted by atomic mass is 10.0. The van der Waals surface area contributed by atoms with Crippen molar-refractivity contribution in [3.05, 3.63) is 102 Å². The number of anilines is 1. The number of hydrogen-bond acceptors (Lipinski definition) is 4. The highest BCUT2D eigenvalue weighted by atomic mass is 32.2. The maximum absolute atomic E-state index is 14.0. The first-order chi connectivity index (χ1) is 15.9. The smallest absolute Gasteiger partial charge is 0.264 e. The second-order valence-electron chi connectivity index (χ2n) is 7.47. The quantitative estimate of drug-likeness (QED) is 0.388. The number of para-hydroxylation sites is 1. The minimum atomic E-state index is -4.11. The van der Waals surface area contributed by atoms with E-state index in [1.54, 1.807) is 24.3 Å².